The van der Waals surface area contributed by atoms with Gasteiger partial charge in [-0.2, -0.15) is 0 Å². The first kappa shape index (κ1) is 10.5. The summed E-state index contributed by atoms with van der Waals surface area (Å²) in [7, 11) is 0. The fraction of sp³-hybridized carbons (Fsp3) is 0.900. The van der Waals surface area contributed by atoms with Crippen LogP contribution in [0.2, 0.25) is 0 Å². The third kappa shape index (κ3) is 2.99. The quantitative estimate of drug-likeness (QED) is 0.535. The molecule has 1 heterocycles. The van der Waals surface area contributed by atoms with E-state index in [-0.39, 0.29) is 0 Å². The van der Waals surface area contributed by atoms with E-state index in [9.17, 15) is 0 Å². The van der Waals surface area contributed by atoms with Crippen LogP contribution in [0.3, 0.4) is 0 Å². The third-order valence-electron chi connectivity index (χ3n) is 2.59. The molecule has 1 N–H and O–H groups in total. The molecule has 0 spiro atoms. The summed E-state index contributed by atoms with van der Waals surface area (Å²) in [6.45, 7) is 6.93. The minimum Gasteiger partial charge on any atom is -0.378 e. The van der Waals surface area contributed by atoms with Gasteiger partial charge in [0, 0.05) is 26.1 Å². The van der Waals surface area contributed by atoms with Crippen molar-refractivity contribution in [3.05, 3.63) is 0 Å². The number of ether oxygens (including phenoxy) is 1. The Morgan fingerprint density at radius 1 is 1.46 bits per heavy atom. The molecular weight excluding hydrogens is 164 g/mol. The van der Waals surface area contributed by atoms with Crippen molar-refractivity contribution in [2.75, 3.05) is 19.7 Å². The predicted molar refractivity (Wildman–Crippen MR) is 54.2 cm³/mol. The number of hydrogen-bond acceptors (Lipinski definition) is 2. The van der Waals surface area contributed by atoms with E-state index in [0.29, 0.717) is 6.10 Å². The van der Waals surface area contributed by atoms with E-state index in [2.05, 4.69) is 18.7 Å². The first-order chi connectivity index (χ1) is 6.27. The van der Waals surface area contributed by atoms with Gasteiger partial charge in [0.2, 0.25) is 0 Å². The van der Waals surface area contributed by atoms with Crippen LogP contribution in [-0.4, -0.2) is 36.5 Å². The first-order valence-electron chi connectivity index (χ1n) is 5.21. The zero-order chi connectivity index (χ0) is 9.68. The number of hydrogen-bond donors (Lipinski definition) is 1. The molecule has 13 heavy (non-hydrogen) atoms. The minimum atomic E-state index is 0.313. The highest BCUT2D eigenvalue weighted by Crippen LogP contribution is 2.16. The van der Waals surface area contributed by atoms with E-state index in [1.807, 2.05) is 0 Å². The molecule has 76 valence electrons. The molecule has 0 saturated carbocycles. The van der Waals surface area contributed by atoms with Crippen molar-refractivity contribution in [3.8, 4) is 0 Å². The molecule has 1 saturated heterocycles. The largest absolute Gasteiger partial charge is 0.378 e. The molecule has 0 aromatic heterocycles. The molecule has 0 bridgehead atoms. The van der Waals surface area contributed by atoms with Crippen LogP contribution in [0.15, 0.2) is 0 Å². The van der Waals surface area contributed by atoms with Crippen molar-refractivity contribution < 1.29 is 4.74 Å². The van der Waals surface area contributed by atoms with Crippen LogP contribution >= 0.6 is 0 Å². The standard InChI is InChI=1S/C10H20N2O/c1-3-12(4-2)10(11)8-9-6-5-7-13-9/h9,11H,3-8H2,1-2H3. The maximum atomic E-state index is 7.86. The van der Waals surface area contributed by atoms with Crippen LogP contribution in [0.1, 0.15) is 33.1 Å². The summed E-state index contributed by atoms with van der Waals surface area (Å²) < 4.78 is 5.50. The van der Waals surface area contributed by atoms with Crippen molar-refractivity contribution in [3.63, 3.8) is 0 Å². The molecule has 0 aromatic carbocycles. The van der Waals surface area contributed by atoms with E-state index in [4.69, 9.17) is 10.1 Å². The molecular formula is C10H20N2O. The van der Waals surface area contributed by atoms with Gasteiger partial charge in [0.1, 0.15) is 0 Å². The van der Waals surface area contributed by atoms with Crippen LogP contribution < -0.4 is 0 Å². The van der Waals surface area contributed by atoms with E-state index in [1.165, 1.54) is 0 Å². The van der Waals surface area contributed by atoms with Crippen LogP contribution in [0.25, 0.3) is 0 Å². The molecule has 0 radical (unpaired) electrons. The zero-order valence-electron chi connectivity index (χ0n) is 8.68. The summed E-state index contributed by atoms with van der Waals surface area (Å²) in [6.07, 6.45) is 3.40. The van der Waals surface area contributed by atoms with E-state index in [1.54, 1.807) is 0 Å². The van der Waals surface area contributed by atoms with Gasteiger partial charge in [-0.05, 0) is 26.7 Å². The zero-order valence-corrected chi connectivity index (χ0v) is 8.68. The molecule has 1 atom stereocenters. The van der Waals surface area contributed by atoms with Gasteiger partial charge in [-0.1, -0.05) is 0 Å². The van der Waals surface area contributed by atoms with E-state index >= 15 is 0 Å². The van der Waals surface area contributed by atoms with Crippen LogP contribution in [0.4, 0.5) is 0 Å². The Morgan fingerprint density at radius 3 is 2.62 bits per heavy atom. The number of amidine groups is 1. The molecule has 3 heteroatoms. The summed E-state index contributed by atoms with van der Waals surface area (Å²) in [5.41, 5.74) is 0. The highest BCUT2D eigenvalue weighted by molar-refractivity contribution is 5.79. The fourth-order valence-corrected chi connectivity index (χ4v) is 1.76. The van der Waals surface area contributed by atoms with E-state index in [0.717, 1.165) is 44.8 Å². The lowest BCUT2D eigenvalue weighted by molar-refractivity contribution is 0.114. The Balaban J connectivity index is 2.29. The fourth-order valence-electron chi connectivity index (χ4n) is 1.76. The predicted octanol–water partition coefficient (Wildman–Crippen LogP) is 1.87. The second-order valence-electron chi connectivity index (χ2n) is 3.46. The lowest BCUT2D eigenvalue weighted by Crippen LogP contribution is -2.32. The molecule has 1 unspecified atom stereocenters. The van der Waals surface area contributed by atoms with Crippen molar-refractivity contribution in [1.82, 2.24) is 4.90 Å². The smallest absolute Gasteiger partial charge is 0.0983 e. The summed E-state index contributed by atoms with van der Waals surface area (Å²) in [4.78, 5) is 2.08. The lowest BCUT2D eigenvalue weighted by Gasteiger charge is -2.23. The molecule has 0 amide bonds. The van der Waals surface area contributed by atoms with Gasteiger partial charge < -0.3 is 9.64 Å². The number of rotatable bonds is 4. The topological polar surface area (TPSA) is 36.3 Å². The normalized spacial score (nSPS) is 21.8. The summed E-state index contributed by atoms with van der Waals surface area (Å²) in [6, 6.07) is 0. The Bertz CT molecular complexity index is 160. The maximum absolute atomic E-state index is 7.86. The van der Waals surface area contributed by atoms with Gasteiger partial charge in [0.25, 0.3) is 0 Å². The van der Waals surface area contributed by atoms with Crippen molar-refractivity contribution >= 4 is 5.84 Å². The number of nitrogens with zero attached hydrogens (tertiary/aromatic N) is 1. The van der Waals surface area contributed by atoms with E-state index < -0.39 is 0 Å². The lowest BCUT2D eigenvalue weighted by atomic mass is 10.1. The molecule has 1 fully saturated rings. The van der Waals surface area contributed by atoms with Gasteiger partial charge in [-0.3, -0.25) is 5.41 Å². The molecule has 1 aliphatic rings. The molecule has 1 aliphatic heterocycles. The number of nitrogens with one attached hydrogen (secondary N) is 1. The Kier molecular flexibility index (Phi) is 4.22. The van der Waals surface area contributed by atoms with Gasteiger partial charge in [-0.15, -0.1) is 0 Å². The summed E-state index contributed by atoms with van der Waals surface area (Å²) in [5.74, 6) is 0.733. The minimum absolute atomic E-state index is 0.313. The van der Waals surface area contributed by atoms with Gasteiger partial charge >= 0.3 is 0 Å². The second kappa shape index (κ2) is 5.22. The van der Waals surface area contributed by atoms with Crippen LogP contribution in [-0.2, 0) is 4.74 Å². The van der Waals surface area contributed by atoms with Crippen LogP contribution in [0, 0.1) is 5.41 Å². The van der Waals surface area contributed by atoms with Gasteiger partial charge in [0.05, 0.1) is 11.9 Å². The molecule has 3 nitrogen and oxygen atoms in total. The maximum Gasteiger partial charge on any atom is 0.0983 e. The average Bonchev–Trinajstić information content (AvgIpc) is 2.59. The van der Waals surface area contributed by atoms with Gasteiger partial charge in [-0.25, -0.2) is 0 Å². The van der Waals surface area contributed by atoms with Gasteiger partial charge in [0.15, 0.2) is 0 Å². The third-order valence-corrected chi connectivity index (χ3v) is 2.59. The van der Waals surface area contributed by atoms with Crippen LogP contribution in [0.5, 0.6) is 0 Å². The molecule has 0 aromatic rings. The highest BCUT2D eigenvalue weighted by atomic mass is 16.5. The summed E-state index contributed by atoms with van der Waals surface area (Å²) >= 11 is 0. The second-order valence-corrected chi connectivity index (χ2v) is 3.46. The monoisotopic (exact) mass is 184 g/mol. The Labute approximate surface area is 80.6 Å². The average molecular weight is 184 g/mol. The summed E-state index contributed by atoms with van der Waals surface area (Å²) in [5, 5.41) is 7.86. The Morgan fingerprint density at radius 2 is 2.15 bits per heavy atom. The molecule has 0 aliphatic carbocycles. The van der Waals surface area contributed by atoms with Crippen molar-refractivity contribution in [2.45, 2.75) is 39.2 Å². The van der Waals surface area contributed by atoms with Crippen molar-refractivity contribution in [2.24, 2.45) is 0 Å². The highest BCUT2D eigenvalue weighted by Gasteiger charge is 2.18. The first-order valence-corrected chi connectivity index (χ1v) is 5.21. The SMILES string of the molecule is CCN(CC)C(=N)CC1CCCO1. The Hall–Kier alpha value is -0.570. The van der Waals surface area contributed by atoms with Crippen molar-refractivity contribution in [1.29, 1.82) is 5.41 Å². The molecule has 1 rings (SSSR count).